The molecule has 0 aliphatic carbocycles. The number of nitrogens with zero attached hydrogens (tertiary/aromatic N) is 2. The van der Waals surface area contributed by atoms with Crippen molar-refractivity contribution in [2.24, 2.45) is 0 Å². The third-order valence-electron chi connectivity index (χ3n) is 2.69. The summed E-state index contributed by atoms with van der Waals surface area (Å²) in [6.07, 6.45) is -0.0357. The second-order valence-corrected chi connectivity index (χ2v) is 5.01. The number of amides is 1. The van der Waals surface area contributed by atoms with Crippen LogP contribution in [0.2, 0.25) is 0 Å². The number of hydrogen-bond donors (Lipinski definition) is 1. The number of hydrogen-bond acceptors (Lipinski definition) is 3. The van der Waals surface area contributed by atoms with Crippen LogP contribution in [-0.2, 0) is 4.74 Å². The van der Waals surface area contributed by atoms with E-state index in [0.717, 1.165) is 0 Å². The van der Waals surface area contributed by atoms with Crippen molar-refractivity contribution >= 4 is 6.09 Å². The highest BCUT2D eigenvalue weighted by Crippen LogP contribution is 2.24. The summed E-state index contributed by atoms with van der Waals surface area (Å²) < 4.78 is 5.30. The molecular formula is C11H18N2O3. The van der Waals surface area contributed by atoms with Crippen LogP contribution in [0.25, 0.3) is 0 Å². The highest BCUT2D eigenvalue weighted by atomic mass is 16.5. The van der Waals surface area contributed by atoms with Crippen LogP contribution in [0.15, 0.2) is 0 Å². The van der Waals surface area contributed by atoms with Crippen LogP contribution in [0.1, 0.15) is 33.6 Å². The zero-order chi connectivity index (χ0) is 12.3. The Bertz CT molecular complexity index is 295. The smallest absolute Gasteiger partial charge is 0.408 e. The van der Waals surface area contributed by atoms with Gasteiger partial charge < -0.3 is 9.84 Å². The van der Waals surface area contributed by atoms with Crippen LogP contribution >= 0.6 is 0 Å². The fourth-order valence-corrected chi connectivity index (χ4v) is 2.03. The SMILES string of the molecule is CC(C)(C)N(C(=O)O)[C@@H]1CC[C@@H](C#N)OC1. The van der Waals surface area contributed by atoms with E-state index in [0.29, 0.717) is 19.4 Å². The predicted octanol–water partition coefficient (Wildman–Crippen LogP) is 1.84. The van der Waals surface area contributed by atoms with E-state index in [2.05, 4.69) is 0 Å². The Kier molecular flexibility index (Phi) is 3.76. The topological polar surface area (TPSA) is 73.6 Å². The van der Waals surface area contributed by atoms with Gasteiger partial charge in [-0.25, -0.2) is 4.79 Å². The number of nitriles is 1. The molecule has 5 heteroatoms. The van der Waals surface area contributed by atoms with Crippen molar-refractivity contribution in [3.63, 3.8) is 0 Å². The van der Waals surface area contributed by atoms with Crippen molar-refractivity contribution in [3.05, 3.63) is 0 Å². The van der Waals surface area contributed by atoms with Gasteiger partial charge in [-0.1, -0.05) is 0 Å². The van der Waals surface area contributed by atoms with Crippen LogP contribution in [-0.4, -0.2) is 40.4 Å². The Hall–Kier alpha value is -1.28. The van der Waals surface area contributed by atoms with Gasteiger partial charge >= 0.3 is 6.09 Å². The molecule has 16 heavy (non-hydrogen) atoms. The van der Waals surface area contributed by atoms with E-state index in [1.807, 2.05) is 26.8 Å². The quantitative estimate of drug-likeness (QED) is 0.740. The fraction of sp³-hybridized carbons (Fsp3) is 0.818. The summed E-state index contributed by atoms with van der Waals surface area (Å²) in [4.78, 5) is 12.6. The molecule has 0 spiro atoms. The zero-order valence-electron chi connectivity index (χ0n) is 9.93. The van der Waals surface area contributed by atoms with Crippen molar-refractivity contribution in [2.45, 2.75) is 51.3 Å². The van der Waals surface area contributed by atoms with Crippen LogP contribution in [0.4, 0.5) is 4.79 Å². The first-order chi connectivity index (χ1) is 7.36. The Labute approximate surface area is 95.6 Å². The fourth-order valence-electron chi connectivity index (χ4n) is 2.03. The molecule has 1 saturated heterocycles. The standard InChI is InChI=1S/C11H18N2O3/c1-11(2,3)13(10(14)15)8-4-5-9(6-12)16-7-8/h8-9H,4-5,7H2,1-3H3,(H,14,15)/t8-,9+/m1/s1. The third-order valence-corrected chi connectivity index (χ3v) is 2.69. The number of carbonyl (C=O) groups is 1. The van der Waals surface area contributed by atoms with Gasteiger partial charge in [0.05, 0.1) is 18.7 Å². The highest BCUT2D eigenvalue weighted by molar-refractivity contribution is 5.66. The van der Waals surface area contributed by atoms with E-state index in [1.54, 1.807) is 0 Å². The first-order valence-electron chi connectivity index (χ1n) is 5.39. The second kappa shape index (κ2) is 4.71. The van der Waals surface area contributed by atoms with Gasteiger partial charge in [0.25, 0.3) is 0 Å². The molecule has 2 atom stereocenters. The molecular weight excluding hydrogens is 208 g/mol. The average Bonchev–Trinajstić information content (AvgIpc) is 2.16. The molecule has 1 fully saturated rings. The second-order valence-electron chi connectivity index (χ2n) is 5.01. The van der Waals surface area contributed by atoms with E-state index in [4.69, 9.17) is 10.00 Å². The first kappa shape index (κ1) is 12.8. The molecule has 1 amide bonds. The molecule has 1 aliphatic rings. The summed E-state index contributed by atoms with van der Waals surface area (Å²) in [7, 11) is 0. The Morgan fingerprint density at radius 1 is 1.50 bits per heavy atom. The molecule has 0 radical (unpaired) electrons. The number of rotatable bonds is 1. The van der Waals surface area contributed by atoms with Gasteiger partial charge in [0.15, 0.2) is 0 Å². The molecule has 1 rings (SSSR count). The molecule has 90 valence electrons. The van der Waals surface area contributed by atoms with Gasteiger partial charge in [-0.15, -0.1) is 0 Å². The monoisotopic (exact) mass is 226 g/mol. The molecule has 5 nitrogen and oxygen atoms in total. The minimum atomic E-state index is -0.934. The third kappa shape index (κ3) is 2.86. The van der Waals surface area contributed by atoms with Crippen LogP contribution in [0.3, 0.4) is 0 Å². The molecule has 0 aromatic heterocycles. The average molecular weight is 226 g/mol. The van der Waals surface area contributed by atoms with Crippen LogP contribution in [0.5, 0.6) is 0 Å². The van der Waals surface area contributed by atoms with Crippen molar-refractivity contribution in [2.75, 3.05) is 6.61 Å². The maximum atomic E-state index is 11.2. The van der Waals surface area contributed by atoms with Gasteiger partial charge in [0.2, 0.25) is 0 Å². The molecule has 0 aromatic rings. The van der Waals surface area contributed by atoms with E-state index in [-0.39, 0.29) is 12.1 Å². The Balaban J connectivity index is 2.69. The van der Waals surface area contributed by atoms with Crippen molar-refractivity contribution in [1.29, 1.82) is 5.26 Å². The van der Waals surface area contributed by atoms with E-state index < -0.39 is 11.6 Å². The van der Waals surface area contributed by atoms with Crippen LogP contribution < -0.4 is 0 Å². The number of carboxylic acid groups (broad SMARTS) is 1. The first-order valence-corrected chi connectivity index (χ1v) is 5.39. The van der Waals surface area contributed by atoms with Gasteiger partial charge in [0.1, 0.15) is 6.10 Å². The van der Waals surface area contributed by atoms with Crippen molar-refractivity contribution in [1.82, 2.24) is 4.90 Å². The van der Waals surface area contributed by atoms with Crippen molar-refractivity contribution in [3.8, 4) is 6.07 Å². The van der Waals surface area contributed by atoms with E-state index >= 15 is 0 Å². The summed E-state index contributed by atoms with van der Waals surface area (Å²) in [6, 6.07) is 1.89. The summed E-state index contributed by atoms with van der Waals surface area (Å²) in [5.41, 5.74) is -0.445. The van der Waals surface area contributed by atoms with E-state index in [9.17, 15) is 9.90 Å². The maximum Gasteiger partial charge on any atom is 0.408 e. The van der Waals surface area contributed by atoms with Crippen molar-refractivity contribution < 1.29 is 14.6 Å². The maximum absolute atomic E-state index is 11.2. The zero-order valence-corrected chi connectivity index (χ0v) is 9.93. The number of ether oxygens (including phenoxy) is 1. The highest BCUT2D eigenvalue weighted by Gasteiger charge is 2.35. The molecule has 0 bridgehead atoms. The minimum absolute atomic E-state index is 0.151. The Morgan fingerprint density at radius 3 is 2.44 bits per heavy atom. The summed E-state index contributed by atoms with van der Waals surface area (Å²) in [5, 5.41) is 17.9. The lowest BCUT2D eigenvalue weighted by Gasteiger charge is -2.41. The lowest BCUT2D eigenvalue weighted by atomic mass is 9.98. The summed E-state index contributed by atoms with van der Waals surface area (Å²) in [5.74, 6) is 0. The predicted molar refractivity (Wildman–Crippen MR) is 58.0 cm³/mol. The van der Waals surface area contributed by atoms with Crippen LogP contribution in [0, 0.1) is 11.3 Å². The molecule has 1 N–H and O–H groups in total. The lowest BCUT2D eigenvalue weighted by molar-refractivity contribution is -0.0309. The van der Waals surface area contributed by atoms with Gasteiger partial charge in [0, 0.05) is 5.54 Å². The normalized spacial score (nSPS) is 25.9. The largest absolute Gasteiger partial charge is 0.465 e. The van der Waals surface area contributed by atoms with Gasteiger partial charge in [-0.05, 0) is 33.6 Å². The minimum Gasteiger partial charge on any atom is -0.465 e. The molecule has 0 aromatic carbocycles. The van der Waals surface area contributed by atoms with Gasteiger partial charge in [-0.2, -0.15) is 5.26 Å². The summed E-state index contributed by atoms with van der Waals surface area (Å²) in [6.45, 7) is 5.88. The molecule has 1 aliphatic heterocycles. The Morgan fingerprint density at radius 2 is 2.12 bits per heavy atom. The lowest BCUT2D eigenvalue weighted by Crippen LogP contribution is -2.54. The molecule has 1 heterocycles. The van der Waals surface area contributed by atoms with Gasteiger partial charge in [-0.3, -0.25) is 4.90 Å². The summed E-state index contributed by atoms with van der Waals surface area (Å²) >= 11 is 0. The molecule has 0 saturated carbocycles. The molecule has 0 unspecified atom stereocenters. The van der Waals surface area contributed by atoms with E-state index in [1.165, 1.54) is 4.90 Å².